The van der Waals surface area contributed by atoms with Crippen molar-refractivity contribution >= 4 is 33.4 Å². The van der Waals surface area contributed by atoms with Gasteiger partial charge in [0.1, 0.15) is 11.6 Å². The number of aliphatic hydroxyl groups excluding tert-OH is 1. The Bertz CT molecular complexity index is 1210. The summed E-state index contributed by atoms with van der Waals surface area (Å²) in [6.45, 7) is 1.84. The zero-order valence-corrected chi connectivity index (χ0v) is 18.1. The molecule has 0 radical (unpaired) electrons. The zero-order valence-electron chi connectivity index (χ0n) is 16.5. The standard InChI is InChI=1S/C24H18BrFN2O3/c1-14-12-15(9-10-18(14)25)22(29)20-21(17-7-2-3-8-19(17)26)28(24(31)23(20)30)13-16-6-4-5-11-27-16/h2-12,21,29H,13H2,1H3/b22-20+. The van der Waals surface area contributed by atoms with Crippen LogP contribution in [0, 0.1) is 12.7 Å². The molecule has 1 saturated heterocycles. The number of pyridine rings is 1. The van der Waals surface area contributed by atoms with Gasteiger partial charge in [-0.25, -0.2) is 4.39 Å². The van der Waals surface area contributed by atoms with Crippen LogP contribution in [0.3, 0.4) is 0 Å². The molecule has 31 heavy (non-hydrogen) atoms. The SMILES string of the molecule is Cc1cc(/C(O)=C2\C(=O)C(=O)N(Cc3ccccn3)C2c2ccccc2F)ccc1Br. The van der Waals surface area contributed by atoms with Crippen molar-refractivity contribution in [3.63, 3.8) is 0 Å². The van der Waals surface area contributed by atoms with Crippen LogP contribution in [-0.2, 0) is 16.1 Å². The van der Waals surface area contributed by atoms with Crippen molar-refractivity contribution in [2.45, 2.75) is 19.5 Å². The molecule has 1 aromatic heterocycles. The molecule has 1 aliphatic heterocycles. The second-order valence-electron chi connectivity index (χ2n) is 7.23. The first-order chi connectivity index (χ1) is 14.9. The van der Waals surface area contributed by atoms with Crippen LogP contribution in [0.5, 0.6) is 0 Å². The molecule has 7 heteroatoms. The summed E-state index contributed by atoms with van der Waals surface area (Å²) in [5.41, 5.74) is 1.75. The fraction of sp³-hybridized carbons (Fsp3) is 0.125. The number of amides is 1. The maximum absolute atomic E-state index is 14.8. The molecule has 156 valence electrons. The zero-order chi connectivity index (χ0) is 22.1. The average molecular weight is 481 g/mol. The highest BCUT2D eigenvalue weighted by molar-refractivity contribution is 9.10. The molecule has 0 bridgehead atoms. The second kappa shape index (κ2) is 8.43. The number of ketones is 1. The summed E-state index contributed by atoms with van der Waals surface area (Å²) in [5.74, 6) is -2.58. The van der Waals surface area contributed by atoms with E-state index in [4.69, 9.17) is 0 Å². The van der Waals surface area contributed by atoms with Gasteiger partial charge >= 0.3 is 0 Å². The third kappa shape index (κ3) is 3.88. The number of rotatable bonds is 4. The van der Waals surface area contributed by atoms with E-state index in [9.17, 15) is 19.1 Å². The highest BCUT2D eigenvalue weighted by atomic mass is 79.9. The van der Waals surface area contributed by atoms with Gasteiger partial charge in [-0.15, -0.1) is 0 Å². The van der Waals surface area contributed by atoms with Gasteiger partial charge in [-0.3, -0.25) is 14.6 Å². The van der Waals surface area contributed by atoms with E-state index in [0.29, 0.717) is 11.3 Å². The largest absolute Gasteiger partial charge is 0.507 e. The third-order valence-corrected chi connectivity index (χ3v) is 6.12. The van der Waals surface area contributed by atoms with Crippen molar-refractivity contribution in [1.29, 1.82) is 0 Å². The van der Waals surface area contributed by atoms with Gasteiger partial charge in [0.25, 0.3) is 11.7 Å². The maximum atomic E-state index is 14.8. The van der Waals surface area contributed by atoms with E-state index in [1.807, 2.05) is 6.92 Å². The number of aromatic nitrogens is 1. The number of carbonyl (C=O) groups is 2. The molecule has 0 spiro atoms. The van der Waals surface area contributed by atoms with Crippen molar-refractivity contribution in [1.82, 2.24) is 9.88 Å². The Labute approximate surface area is 187 Å². The number of likely N-dealkylation sites (tertiary alicyclic amines) is 1. The summed E-state index contributed by atoms with van der Waals surface area (Å²) in [6.07, 6.45) is 1.58. The first kappa shape index (κ1) is 20.9. The van der Waals surface area contributed by atoms with Gasteiger partial charge in [-0.05, 0) is 42.8 Å². The number of carbonyl (C=O) groups excluding carboxylic acids is 2. The molecule has 0 saturated carbocycles. The lowest BCUT2D eigenvalue weighted by Gasteiger charge is -2.25. The molecular formula is C24H18BrFN2O3. The van der Waals surface area contributed by atoms with Crippen LogP contribution >= 0.6 is 15.9 Å². The number of nitrogens with zero attached hydrogens (tertiary/aromatic N) is 2. The molecule has 1 fully saturated rings. The van der Waals surface area contributed by atoms with Crippen molar-refractivity contribution in [2.24, 2.45) is 0 Å². The first-order valence-electron chi connectivity index (χ1n) is 9.57. The minimum absolute atomic E-state index is 0.000555. The lowest BCUT2D eigenvalue weighted by molar-refractivity contribution is -0.140. The number of Topliss-reactive ketones (excluding diaryl/α,β-unsaturated/α-hetero) is 1. The topological polar surface area (TPSA) is 70.5 Å². The van der Waals surface area contributed by atoms with Gasteiger partial charge in [0.05, 0.1) is 23.9 Å². The predicted molar refractivity (Wildman–Crippen MR) is 117 cm³/mol. The molecule has 1 amide bonds. The smallest absolute Gasteiger partial charge is 0.296 e. The first-order valence-corrected chi connectivity index (χ1v) is 10.4. The summed E-state index contributed by atoms with van der Waals surface area (Å²) in [5, 5.41) is 11.1. The predicted octanol–water partition coefficient (Wildman–Crippen LogP) is 4.91. The minimum atomic E-state index is -1.08. The van der Waals surface area contributed by atoms with Gasteiger partial charge in [0.2, 0.25) is 0 Å². The van der Waals surface area contributed by atoms with Crippen LogP contribution in [0.4, 0.5) is 4.39 Å². The van der Waals surface area contributed by atoms with Crippen LogP contribution in [-0.4, -0.2) is 26.7 Å². The monoisotopic (exact) mass is 480 g/mol. The second-order valence-corrected chi connectivity index (χ2v) is 8.09. The lowest BCUT2D eigenvalue weighted by atomic mass is 9.94. The summed E-state index contributed by atoms with van der Waals surface area (Å²) >= 11 is 3.40. The minimum Gasteiger partial charge on any atom is -0.507 e. The molecule has 2 aromatic carbocycles. The van der Waals surface area contributed by atoms with E-state index >= 15 is 0 Å². The van der Waals surface area contributed by atoms with Gasteiger partial charge in [-0.1, -0.05) is 46.3 Å². The Morgan fingerprint density at radius 1 is 1.13 bits per heavy atom. The molecule has 1 unspecified atom stereocenters. The number of halogens is 2. The van der Waals surface area contributed by atoms with Crippen molar-refractivity contribution in [3.05, 3.63) is 105 Å². The molecule has 1 atom stereocenters. The lowest BCUT2D eigenvalue weighted by Crippen LogP contribution is -2.30. The summed E-state index contributed by atoms with van der Waals surface area (Å²) in [6, 6.07) is 15.2. The summed E-state index contributed by atoms with van der Waals surface area (Å²) in [4.78, 5) is 31.4. The third-order valence-electron chi connectivity index (χ3n) is 5.23. The summed E-state index contributed by atoms with van der Waals surface area (Å²) < 4.78 is 15.6. The highest BCUT2D eigenvalue weighted by Gasteiger charge is 2.47. The van der Waals surface area contributed by atoms with E-state index in [0.717, 1.165) is 10.0 Å². The van der Waals surface area contributed by atoms with Crippen molar-refractivity contribution in [3.8, 4) is 0 Å². The van der Waals surface area contributed by atoms with Crippen molar-refractivity contribution < 1.29 is 19.1 Å². The molecule has 1 N–H and O–H groups in total. The van der Waals surface area contributed by atoms with Gasteiger partial charge in [0, 0.05) is 21.8 Å². The van der Waals surface area contributed by atoms with Gasteiger partial charge in [-0.2, -0.15) is 0 Å². The number of hydrogen-bond acceptors (Lipinski definition) is 4. The number of benzene rings is 2. The Morgan fingerprint density at radius 2 is 1.87 bits per heavy atom. The molecule has 2 heterocycles. The number of aliphatic hydroxyl groups is 1. The Hall–Kier alpha value is -3.32. The van der Waals surface area contributed by atoms with Crippen LogP contribution in [0.2, 0.25) is 0 Å². The maximum Gasteiger partial charge on any atom is 0.296 e. The van der Waals surface area contributed by atoms with E-state index in [1.54, 1.807) is 48.7 Å². The van der Waals surface area contributed by atoms with Crippen LogP contribution in [0.25, 0.3) is 5.76 Å². The molecule has 0 aliphatic carbocycles. The van der Waals surface area contributed by atoms with Crippen LogP contribution < -0.4 is 0 Å². The molecule has 1 aliphatic rings. The van der Waals surface area contributed by atoms with E-state index in [-0.39, 0.29) is 23.4 Å². The summed E-state index contributed by atoms with van der Waals surface area (Å²) in [7, 11) is 0. The average Bonchev–Trinajstić information content (AvgIpc) is 3.01. The van der Waals surface area contributed by atoms with E-state index < -0.39 is 23.5 Å². The molecule has 5 nitrogen and oxygen atoms in total. The number of hydrogen-bond donors (Lipinski definition) is 1. The Morgan fingerprint density at radius 3 is 2.55 bits per heavy atom. The Balaban J connectivity index is 1.90. The molecule has 4 rings (SSSR count). The van der Waals surface area contributed by atoms with Crippen LogP contribution in [0.1, 0.15) is 28.4 Å². The van der Waals surface area contributed by atoms with E-state index in [1.165, 1.54) is 23.1 Å². The van der Waals surface area contributed by atoms with E-state index in [2.05, 4.69) is 20.9 Å². The molecule has 3 aromatic rings. The fourth-order valence-corrected chi connectivity index (χ4v) is 3.92. The quantitative estimate of drug-likeness (QED) is 0.327. The van der Waals surface area contributed by atoms with Crippen molar-refractivity contribution in [2.75, 3.05) is 0 Å². The van der Waals surface area contributed by atoms with Crippen LogP contribution in [0.15, 0.2) is 76.9 Å². The Kier molecular flexibility index (Phi) is 5.69. The highest BCUT2D eigenvalue weighted by Crippen LogP contribution is 2.41. The van der Waals surface area contributed by atoms with Gasteiger partial charge in [0.15, 0.2) is 0 Å². The van der Waals surface area contributed by atoms with Gasteiger partial charge < -0.3 is 10.0 Å². The normalized spacial score (nSPS) is 17.9. The number of aryl methyl sites for hydroxylation is 1. The fourth-order valence-electron chi connectivity index (χ4n) is 3.68. The molecular weight excluding hydrogens is 463 g/mol.